The van der Waals surface area contributed by atoms with Crippen LogP contribution in [0.3, 0.4) is 0 Å². The number of carbonyl (C=O) groups is 1. The van der Waals surface area contributed by atoms with Crippen LogP contribution in [0, 0.1) is 6.92 Å². The third-order valence-corrected chi connectivity index (χ3v) is 10.0. The van der Waals surface area contributed by atoms with E-state index < -0.39 is 0 Å². The van der Waals surface area contributed by atoms with E-state index in [4.69, 9.17) is 4.98 Å². The van der Waals surface area contributed by atoms with Gasteiger partial charge in [0.2, 0.25) is 5.95 Å². The van der Waals surface area contributed by atoms with Crippen LogP contribution in [0.15, 0.2) is 42.7 Å². The summed E-state index contributed by atoms with van der Waals surface area (Å²) in [6.07, 6.45) is 8.91. The van der Waals surface area contributed by atoms with Crippen LogP contribution in [0.4, 0.5) is 11.6 Å². The molecule has 238 valence electrons. The number of piperidine rings is 1. The van der Waals surface area contributed by atoms with Crippen LogP contribution in [0.5, 0.6) is 0 Å². The van der Waals surface area contributed by atoms with Crippen molar-refractivity contribution in [1.29, 1.82) is 0 Å². The maximum Gasteiger partial charge on any atom is 0.258 e. The topological polar surface area (TPSA) is 108 Å². The number of aromatic nitrogens is 5. The highest BCUT2D eigenvalue weighted by Crippen LogP contribution is 2.36. The van der Waals surface area contributed by atoms with Gasteiger partial charge in [0, 0.05) is 87.1 Å². The Morgan fingerprint density at radius 3 is 2.36 bits per heavy atom. The number of imidazole rings is 1. The van der Waals surface area contributed by atoms with Crippen LogP contribution in [0.25, 0.3) is 22.3 Å². The van der Waals surface area contributed by atoms with Gasteiger partial charge in [0.1, 0.15) is 0 Å². The van der Waals surface area contributed by atoms with Crippen LogP contribution in [-0.4, -0.2) is 104 Å². The van der Waals surface area contributed by atoms with Crippen LogP contribution in [-0.2, 0) is 7.05 Å². The van der Waals surface area contributed by atoms with E-state index in [1.54, 1.807) is 10.9 Å². The number of aliphatic hydroxyl groups is 1. The van der Waals surface area contributed by atoms with Crippen molar-refractivity contribution in [2.75, 3.05) is 56.5 Å². The third-order valence-electron chi connectivity index (χ3n) is 10.0. The Balaban J connectivity index is 1.15. The molecule has 3 fully saturated rings. The van der Waals surface area contributed by atoms with Gasteiger partial charge < -0.3 is 19.5 Å². The molecule has 2 N–H and O–H groups in total. The summed E-state index contributed by atoms with van der Waals surface area (Å²) >= 11 is 0. The zero-order valence-corrected chi connectivity index (χ0v) is 26.7. The second-order valence-electron chi connectivity index (χ2n) is 13.2. The molecule has 0 spiro atoms. The maximum atomic E-state index is 13.7. The van der Waals surface area contributed by atoms with Gasteiger partial charge in [0.25, 0.3) is 5.91 Å². The number of benzene rings is 1. The molecule has 3 aromatic heterocycles. The van der Waals surface area contributed by atoms with Crippen molar-refractivity contribution in [2.45, 2.75) is 63.6 Å². The van der Waals surface area contributed by atoms with Gasteiger partial charge in [0.15, 0.2) is 0 Å². The summed E-state index contributed by atoms with van der Waals surface area (Å²) in [5, 5.41) is 17.7. The molecular formula is C34H45N9O2. The second-order valence-corrected chi connectivity index (χ2v) is 13.2. The van der Waals surface area contributed by atoms with Gasteiger partial charge in [-0.2, -0.15) is 5.10 Å². The van der Waals surface area contributed by atoms with E-state index in [-0.39, 0.29) is 18.1 Å². The number of nitrogens with zero attached hydrogens (tertiary/aromatic N) is 8. The summed E-state index contributed by atoms with van der Waals surface area (Å²) in [6.45, 7) is 8.62. The van der Waals surface area contributed by atoms with Crippen molar-refractivity contribution in [1.82, 2.24) is 34.1 Å². The van der Waals surface area contributed by atoms with E-state index in [0.717, 1.165) is 74.2 Å². The first-order valence-electron chi connectivity index (χ1n) is 16.5. The van der Waals surface area contributed by atoms with Crippen LogP contribution in [0.1, 0.15) is 60.6 Å². The number of likely N-dealkylation sites (N-methyl/N-ethyl adjacent to an activating group) is 1. The number of piperazine rings is 1. The molecule has 2 aliphatic heterocycles. The number of pyridine rings is 1. The number of carbonyl (C=O) groups excluding carboxylic acids is 1. The highest BCUT2D eigenvalue weighted by molar-refractivity contribution is 6.05. The van der Waals surface area contributed by atoms with Gasteiger partial charge >= 0.3 is 0 Å². The van der Waals surface area contributed by atoms with Gasteiger partial charge in [-0.15, -0.1) is 0 Å². The lowest BCUT2D eigenvalue weighted by Crippen LogP contribution is -2.52. The number of hydrogen-bond donors (Lipinski definition) is 2. The molecule has 1 aliphatic carbocycles. The Hall–Kier alpha value is -3.80. The molecule has 11 heteroatoms. The molecule has 1 aromatic carbocycles. The van der Waals surface area contributed by atoms with Crippen LogP contribution in [0.2, 0.25) is 0 Å². The Bertz CT molecular complexity index is 1660. The summed E-state index contributed by atoms with van der Waals surface area (Å²) in [4.78, 5) is 31.0. The maximum absolute atomic E-state index is 13.7. The molecule has 4 aromatic rings. The van der Waals surface area contributed by atoms with Gasteiger partial charge in [-0.1, -0.05) is 0 Å². The molecule has 45 heavy (non-hydrogen) atoms. The lowest BCUT2D eigenvalue weighted by molar-refractivity contribution is 0.0982. The molecule has 0 atom stereocenters. The average molecular weight is 612 g/mol. The molecule has 11 nitrogen and oxygen atoms in total. The number of aryl methyl sites for hydroxylation is 2. The number of hydrogen-bond acceptors (Lipinski definition) is 8. The molecule has 2 saturated heterocycles. The van der Waals surface area contributed by atoms with Crippen molar-refractivity contribution in [3.63, 3.8) is 0 Å². The number of fused-ring (bicyclic) bond motifs is 1. The standard InChI is InChI=1S/C34H45N9O2/c1-23-18-24(19-31(36-23)25-21-35-40(3)22-25)33(45)38-34-37-30-9-6-28(20-32(30)43(34)27-4-7-29(44)8-5-27)41-12-10-26(11-13-41)42-16-14-39(2)15-17-42/h6,9,18-22,26-27,29,44H,4-5,7-8,10-17H2,1-3H3,(H,37,38,45)/t27-,29+. The molecular weight excluding hydrogens is 566 g/mol. The predicted molar refractivity (Wildman–Crippen MR) is 177 cm³/mol. The molecule has 1 saturated carbocycles. The number of amides is 1. The Morgan fingerprint density at radius 1 is 0.889 bits per heavy atom. The predicted octanol–water partition coefficient (Wildman–Crippen LogP) is 4.08. The Morgan fingerprint density at radius 2 is 1.64 bits per heavy atom. The summed E-state index contributed by atoms with van der Waals surface area (Å²) in [5.74, 6) is 0.337. The molecule has 5 heterocycles. The number of rotatable bonds is 6. The highest BCUT2D eigenvalue weighted by Gasteiger charge is 2.29. The summed E-state index contributed by atoms with van der Waals surface area (Å²) in [5.41, 5.74) is 5.98. The third kappa shape index (κ3) is 6.34. The Labute approximate surface area is 264 Å². The first-order chi connectivity index (χ1) is 21.8. The van der Waals surface area contributed by atoms with Crippen molar-refractivity contribution in [2.24, 2.45) is 7.05 Å². The first kappa shape index (κ1) is 29.9. The van der Waals surface area contributed by atoms with Crippen molar-refractivity contribution >= 4 is 28.6 Å². The smallest absolute Gasteiger partial charge is 0.258 e. The monoisotopic (exact) mass is 611 g/mol. The van der Waals surface area contributed by atoms with E-state index in [1.807, 2.05) is 32.3 Å². The number of aliphatic hydroxyl groups excluding tert-OH is 1. The molecule has 3 aliphatic rings. The number of anilines is 2. The fraction of sp³-hybridized carbons (Fsp3) is 0.529. The van der Waals surface area contributed by atoms with Gasteiger partial charge in [-0.3, -0.25) is 24.7 Å². The summed E-state index contributed by atoms with van der Waals surface area (Å²) in [6, 6.07) is 11.0. The number of nitrogens with one attached hydrogen (secondary N) is 1. The second kappa shape index (κ2) is 12.5. The normalized spacial score (nSPS) is 22.3. The lowest BCUT2D eigenvalue weighted by Gasteiger charge is -2.42. The minimum atomic E-state index is -0.267. The summed E-state index contributed by atoms with van der Waals surface area (Å²) in [7, 11) is 4.08. The minimum absolute atomic E-state index is 0.150. The molecule has 1 amide bonds. The molecule has 7 rings (SSSR count). The average Bonchev–Trinajstić information content (AvgIpc) is 3.64. The Kier molecular flexibility index (Phi) is 8.32. The zero-order chi connectivity index (χ0) is 31.1. The lowest BCUT2D eigenvalue weighted by atomic mass is 9.93. The van der Waals surface area contributed by atoms with E-state index >= 15 is 0 Å². The zero-order valence-electron chi connectivity index (χ0n) is 26.7. The molecule has 0 unspecified atom stereocenters. The van der Waals surface area contributed by atoms with Crippen molar-refractivity contribution in [3.05, 3.63) is 54.0 Å². The van der Waals surface area contributed by atoms with Gasteiger partial charge in [-0.25, -0.2) is 4.98 Å². The van der Waals surface area contributed by atoms with E-state index in [0.29, 0.717) is 23.2 Å². The van der Waals surface area contributed by atoms with Gasteiger partial charge in [-0.05, 0) is 82.8 Å². The fourth-order valence-corrected chi connectivity index (χ4v) is 7.40. The van der Waals surface area contributed by atoms with E-state index in [1.165, 1.54) is 31.6 Å². The first-order valence-corrected chi connectivity index (χ1v) is 16.5. The molecule has 0 bridgehead atoms. The van der Waals surface area contributed by atoms with E-state index in [9.17, 15) is 9.90 Å². The molecule has 0 radical (unpaired) electrons. The highest BCUT2D eigenvalue weighted by atomic mass is 16.3. The minimum Gasteiger partial charge on any atom is -0.393 e. The van der Waals surface area contributed by atoms with Crippen molar-refractivity contribution < 1.29 is 9.90 Å². The summed E-state index contributed by atoms with van der Waals surface area (Å²) < 4.78 is 3.95. The van der Waals surface area contributed by atoms with Crippen LogP contribution >= 0.6 is 0 Å². The van der Waals surface area contributed by atoms with E-state index in [2.05, 4.69) is 59.9 Å². The van der Waals surface area contributed by atoms with Crippen LogP contribution < -0.4 is 10.2 Å². The van der Waals surface area contributed by atoms with Crippen molar-refractivity contribution in [3.8, 4) is 11.3 Å². The fourth-order valence-electron chi connectivity index (χ4n) is 7.40. The SMILES string of the molecule is Cc1cc(C(=O)Nc2nc3ccc(N4CCC(N5CCN(C)CC5)CC4)cc3n2[C@H]2CC[C@@H](O)CC2)cc(-c2cnn(C)c2)n1. The largest absolute Gasteiger partial charge is 0.393 e. The van der Waals surface area contributed by atoms with Gasteiger partial charge in [0.05, 0.1) is 29.0 Å². The quantitative estimate of drug-likeness (QED) is 0.336.